The maximum Gasteiger partial charge on any atom is 0.231 e. The molecule has 2 aliphatic heterocycles. The van der Waals surface area contributed by atoms with E-state index in [-0.39, 0.29) is 12.8 Å². The van der Waals surface area contributed by atoms with E-state index >= 15 is 0 Å². The molecule has 2 heterocycles. The third-order valence-corrected chi connectivity index (χ3v) is 6.38. The predicted octanol–water partition coefficient (Wildman–Crippen LogP) is 3.70. The summed E-state index contributed by atoms with van der Waals surface area (Å²) in [6.07, 6.45) is 0.949. The largest absolute Gasteiger partial charge is 0.492 e. The van der Waals surface area contributed by atoms with Crippen molar-refractivity contribution in [1.29, 1.82) is 0 Å². The number of nitrogens with one attached hydrogen (secondary N) is 1. The molecule has 31 heavy (non-hydrogen) atoms. The first-order valence-electron chi connectivity index (χ1n) is 10.6. The second-order valence-corrected chi connectivity index (χ2v) is 8.81. The van der Waals surface area contributed by atoms with Crippen molar-refractivity contribution in [1.82, 2.24) is 0 Å². The van der Waals surface area contributed by atoms with E-state index in [0.29, 0.717) is 18.3 Å². The zero-order valence-electron chi connectivity index (χ0n) is 18.7. The highest BCUT2D eigenvalue weighted by Gasteiger charge is 2.35. The van der Waals surface area contributed by atoms with Gasteiger partial charge in [0.05, 0.1) is 26.3 Å². The van der Waals surface area contributed by atoms with Gasteiger partial charge in [0.2, 0.25) is 12.5 Å². The number of likely N-dealkylation sites (N-methyl/N-ethyl adjacent to an activating group) is 1. The maximum absolute atomic E-state index is 6.31. The summed E-state index contributed by atoms with van der Waals surface area (Å²) in [5, 5.41) is 0.761. The summed E-state index contributed by atoms with van der Waals surface area (Å²) in [6, 6.07) is 6.04. The minimum Gasteiger partial charge on any atom is -0.492 e. The van der Waals surface area contributed by atoms with Crippen molar-refractivity contribution in [3.8, 4) is 34.8 Å². The Kier molecular flexibility index (Phi) is 6.22. The summed E-state index contributed by atoms with van der Waals surface area (Å²) in [4.78, 5) is 1.32. The number of halogens is 1. The van der Waals surface area contributed by atoms with Crippen LogP contribution in [0.2, 0.25) is 5.02 Å². The lowest BCUT2D eigenvalue weighted by atomic mass is 9.91. The van der Waals surface area contributed by atoms with E-state index in [2.05, 4.69) is 38.8 Å². The van der Waals surface area contributed by atoms with Crippen molar-refractivity contribution in [2.75, 3.05) is 34.1 Å². The van der Waals surface area contributed by atoms with E-state index in [0.717, 1.165) is 51.9 Å². The molecule has 2 aromatic carbocycles. The number of fused-ring (bicyclic) bond motifs is 2. The minimum atomic E-state index is -0.0201. The zero-order valence-corrected chi connectivity index (χ0v) is 19.5. The maximum atomic E-state index is 6.31. The quantitative estimate of drug-likeness (QED) is 0.733. The monoisotopic (exact) mass is 442 g/mol. The average Bonchev–Trinajstić information content (AvgIpc) is 3.21. The van der Waals surface area contributed by atoms with E-state index in [1.165, 1.54) is 10.5 Å². The molecule has 5 nitrogen and oxygen atoms in total. The first-order chi connectivity index (χ1) is 14.9. The van der Waals surface area contributed by atoms with Gasteiger partial charge >= 0.3 is 0 Å². The molecule has 0 aromatic heterocycles. The highest BCUT2D eigenvalue weighted by Crippen LogP contribution is 2.47. The van der Waals surface area contributed by atoms with Gasteiger partial charge in [0, 0.05) is 11.4 Å². The second-order valence-electron chi connectivity index (χ2n) is 8.40. The van der Waals surface area contributed by atoms with Gasteiger partial charge in [0.1, 0.15) is 12.4 Å². The van der Waals surface area contributed by atoms with Crippen molar-refractivity contribution in [2.24, 2.45) is 0 Å². The normalized spacial score (nSPS) is 18.9. The minimum absolute atomic E-state index is 0.0201. The summed E-state index contributed by atoms with van der Waals surface area (Å²) in [5.74, 6) is 9.99. The summed E-state index contributed by atoms with van der Waals surface area (Å²) in [6.45, 7) is 7.77. The molecule has 2 aromatic rings. The van der Waals surface area contributed by atoms with Crippen LogP contribution in [0.1, 0.15) is 48.1 Å². The Balaban J connectivity index is 1.60. The molecular weight excluding hydrogens is 414 g/mol. The Labute approximate surface area is 189 Å². The van der Waals surface area contributed by atoms with E-state index in [4.69, 9.17) is 30.5 Å². The van der Waals surface area contributed by atoms with Crippen LogP contribution in [0.25, 0.3) is 0 Å². The fourth-order valence-electron chi connectivity index (χ4n) is 4.23. The van der Waals surface area contributed by atoms with E-state index in [1.807, 2.05) is 19.1 Å². The Hall–Kier alpha value is -2.55. The lowest BCUT2D eigenvalue weighted by molar-refractivity contribution is -0.905. The van der Waals surface area contributed by atoms with Crippen LogP contribution in [-0.2, 0) is 6.42 Å². The number of rotatable bonds is 4. The van der Waals surface area contributed by atoms with Crippen LogP contribution in [0.15, 0.2) is 18.2 Å². The Bertz CT molecular complexity index is 1050. The number of benzene rings is 2. The number of hydrogen-bond donors (Lipinski definition) is 1. The molecule has 0 saturated carbocycles. The van der Waals surface area contributed by atoms with Gasteiger partial charge in [-0.1, -0.05) is 31.4 Å². The smallest absolute Gasteiger partial charge is 0.231 e. The average molecular weight is 443 g/mol. The van der Waals surface area contributed by atoms with Crippen LogP contribution >= 0.6 is 11.6 Å². The summed E-state index contributed by atoms with van der Waals surface area (Å²) >= 11 is 6.31. The first-order valence-corrected chi connectivity index (χ1v) is 11.0. The predicted molar refractivity (Wildman–Crippen MR) is 121 cm³/mol. The molecule has 0 saturated heterocycles. The molecule has 0 radical (unpaired) electrons. The van der Waals surface area contributed by atoms with Crippen LogP contribution < -0.4 is 23.8 Å². The molecule has 1 N–H and O–H groups in total. The van der Waals surface area contributed by atoms with E-state index < -0.39 is 0 Å². The molecule has 2 aliphatic rings. The van der Waals surface area contributed by atoms with Gasteiger partial charge in [-0.05, 0) is 53.7 Å². The highest BCUT2D eigenvalue weighted by molar-refractivity contribution is 6.31. The van der Waals surface area contributed by atoms with Crippen LogP contribution in [0.5, 0.6) is 23.0 Å². The lowest BCUT2D eigenvalue weighted by Crippen LogP contribution is -3.10. The van der Waals surface area contributed by atoms with Gasteiger partial charge < -0.3 is 23.8 Å². The van der Waals surface area contributed by atoms with Gasteiger partial charge in [-0.3, -0.25) is 0 Å². The number of quaternary nitrogens is 1. The van der Waals surface area contributed by atoms with E-state index in [9.17, 15) is 0 Å². The van der Waals surface area contributed by atoms with Gasteiger partial charge in [0.15, 0.2) is 17.5 Å². The van der Waals surface area contributed by atoms with Crippen LogP contribution in [0.4, 0.5) is 0 Å². The molecule has 0 aliphatic carbocycles. The molecule has 1 unspecified atom stereocenters. The van der Waals surface area contributed by atoms with Crippen molar-refractivity contribution in [2.45, 2.75) is 39.2 Å². The molecule has 0 spiro atoms. The number of methoxy groups -OCH3 is 1. The van der Waals surface area contributed by atoms with Gasteiger partial charge in [-0.2, -0.15) is 0 Å². The molecule has 0 amide bonds. The summed E-state index contributed by atoms with van der Waals surface area (Å²) in [5.41, 5.74) is 4.40. The summed E-state index contributed by atoms with van der Waals surface area (Å²) in [7, 11) is 3.83. The lowest BCUT2D eigenvalue weighted by Gasteiger charge is -2.30. The van der Waals surface area contributed by atoms with Crippen LogP contribution in [0, 0.1) is 18.8 Å². The third kappa shape index (κ3) is 4.15. The van der Waals surface area contributed by atoms with Crippen molar-refractivity contribution >= 4 is 11.6 Å². The number of ether oxygens (including phenoxy) is 4. The van der Waals surface area contributed by atoms with Gasteiger partial charge in [-0.25, -0.2) is 0 Å². The Morgan fingerprint density at radius 2 is 2.06 bits per heavy atom. The molecule has 0 bridgehead atoms. The SMILES string of the molecule is COc1c2c(cc3c1[C@H](C#CCOc1cc(C)c(Cl)cc1C(C)C)[NH+](C)CC3)OCO2. The molecular formula is C25H29ClNO4+. The van der Waals surface area contributed by atoms with Gasteiger partial charge in [0.25, 0.3) is 0 Å². The van der Waals surface area contributed by atoms with Crippen LogP contribution in [0.3, 0.4) is 0 Å². The van der Waals surface area contributed by atoms with Crippen molar-refractivity contribution in [3.63, 3.8) is 0 Å². The Morgan fingerprint density at radius 1 is 1.26 bits per heavy atom. The zero-order chi connectivity index (χ0) is 22.1. The third-order valence-electron chi connectivity index (χ3n) is 5.98. The topological polar surface area (TPSA) is 41.4 Å². The number of aryl methyl sites for hydroxylation is 1. The van der Waals surface area contributed by atoms with Crippen molar-refractivity contribution in [3.05, 3.63) is 45.5 Å². The highest BCUT2D eigenvalue weighted by atomic mass is 35.5. The van der Waals surface area contributed by atoms with Crippen LogP contribution in [-0.4, -0.2) is 34.1 Å². The summed E-state index contributed by atoms with van der Waals surface area (Å²) < 4.78 is 23.1. The molecule has 6 heteroatoms. The fourth-order valence-corrected chi connectivity index (χ4v) is 4.40. The van der Waals surface area contributed by atoms with Crippen molar-refractivity contribution < 1.29 is 23.8 Å². The van der Waals surface area contributed by atoms with E-state index in [1.54, 1.807) is 7.11 Å². The molecule has 0 fully saturated rings. The van der Waals surface area contributed by atoms with Gasteiger partial charge in [-0.15, -0.1) is 0 Å². The number of hydrogen-bond acceptors (Lipinski definition) is 4. The first kappa shape index (κ1) is 21.7. The molecule has 4 rings (SSSR count). The molecule has 2 atom stereocenters. The Morgan fingerprint density at radius 3 is 2.81 bits per heavy atom. The fraction of sp³-hybridized carbons (Fsp3) is 0.440. The second kappa shape index (κ2) is 8.90. The molecule has 164 valence electrons. The standard InChI is InChI=1S/C25H28ClNO4/c1-15(2)18-13-19(26)16(3)11-21(18)29-10-6-7-20-23-17(8-9-27(20)4)12-22-24(25(23)28-5)31-14-30-22/h11-13,15,20H,8-10,14H2,1-5H3/p+1/t20-/m0/s1.